The van der Waals surface area contributed by atoms with Gasteiger partial charge in [0.1, 0.15) is 0 Å². The molecule has 0 aliphatic carbocycles. The van der Waals surface area contributed by atoms with Crippen molar-refractivity contribution in [2.75, 3.05) is 0 Å². The Labute approximate surface area is 53.5 Å². The number of carbonyl (C=O) groups is 2. The van der Waals surface area contributed by atoms with E-state index in [1.807, 2.05) is 0 Å². The molecule has 0 aromatic heterocycles. The van der Waals surface area contributed by atoms with E-state index in [1.165, 1.54) is 0 Å². The third-order valence-electron chi connectivity index (χ3n) is 0.781. The Bertz CT molecular complexity index is 163. The summed E-state index contributed by atoms with van der Waals surface area (Å²) < 4.78 is 6.93. The van der Waals surface area contributed by atoms with Gasteiger partial charge in [0.25, 0.3) is 0 Å². The molecule has 0 amide bonds. The van der Waals surface area contributed by atoms with Crippen molar-refractivity contribution in [1.29, 1.82) is 0 Å². The van der Waals surface area contributed by atoms with E-state index in [1.54, 1.807) is 0 Å². The minimum Gasteiger partial charge on any atom is -0.481 e. The van der Waals surface area contributed by atoms with Crippen LogP contribution in [-0.2, 0) is 9.59 Å². The zero-order valence-corrected chi connectivity index (χ0v) is 4.92. The van der Waals surface area contributed by atoms with Crippen molar-refractivity contribution in [3.05, 3.63) is 0 Å². The summed E-state index contributed by atoms with van der Waals surface area (Å²) in [7, 11) is 0. The number of aliphatic carboxylic acids is 2. The summed E-state index contributed by atoms with van der Waals surface area (Å²) in [5.74, 6) is -4.61. The van der Waals surface area contributed by atoms with Gasteiger partial charge < -0.3 is 10.2 Å². The van der Waals surface area contributed by atoms with Crippen molar-refractivity contribution in [2.24, 2.45) is 5.89 Å². The highest BCUT2D eigenvalue weighted by Crippen LogP contribution is 1.99. The molecule has 0 saturated carbocycles. The van der Waals surface area contributed by atoms with Gasteiger partial charge in [-0.25, -0.2) is 0 Å². The Kier molecular flexibility index (Phi) is 2.06. The summed E-state index contributed by atoms with van der Waals surface area (Å²) in [6, 6.07) is 0. The molecule has 0 heterocycles. The number of carboxylic acid groups (broad SMARTS) is 2. The fraction of sp³-hybridized carbons (Fsp3) is 0.600. The molecule has 0 fully saturated rings. The maximum atomic E-state index is 10.1. The quantitative estimate of drug-likeness (QED) is 0.576. The van der Waals surface area contributed by atoms with Gasteiger partial charge >= 0.3 is 11.9 Å². The Morgan fingerprint density at radius 3 is 2.22 bits per heavy atom. The predicted molar refractivity (Wildman–Crippen MR) is 29.1 cm³/mol. The van der Waals surface area contributed by atoms with E-state index in [4.69, 9.17) is 11.6 Å². The number of hydrogen-bond donors (Lipinski definition) is 2. The molecule has 0 unspecified atom stereocenters. The van der Waals surface area contributed by atoms with Gasteiger partial charge in [0.05, 0.1) is 12.3 Å². The largest absolute Gasteiger partial charge is 0.481 e. The minimum atomic E-state index is -1.91. The highest BCUT2D eigenvalue weighted by Gasteiger charge is 2.13. The number of rotatable bonds is 3. The lowest BCUT2D eigenvalue weighted by atomic mass is 10.1. The Balaban J connectivity index is 4.13. The minimum absolute atomic E-state index is 0.678. The zero-order valence-electron chi connectivity index (χ0n) is 5.92. The predicted octanol–water partition coefficient (Wildman–Crippen LogP) is 0.182. The molecular weight excluding hydrogens is 124 g/mol. The van der Waals surface area contributed by atoms with Gasteiger partial charge in [-0.3, -0.25) is 9.59 Å². The van der Waals surface area contributed by atoms with Crippen molar-refractivity contribution < 1.29 is 21.2 Å². The van der Waals surface area contributed by atoms with Crippen LogP contribution in [0.5, 0.6) is 0 Å². The van der Waals surface area contributed by atoms with Crippen LogP contribution in [0.2, 0.25) is 0 Å². The summed E-state index contributed by atoms with van der Waals surface area (Å²) in [6.07, 6.45) is -0.678. The second-order valence-electron chi connectivity index (χ2n) is 1.66. The van der Waals surface area contributed by atoms with Crippen LogP contribution in [0, 0.1) is 5.89 Å². The van der Waals surface area contributed by atoms with Gasteiger partial charge in [0, 0.05) is 1.37 Å². The van der Waals surface area contributed by atoms with E-state index >= 15 is 0 Å². The van der Waals surface area contributed by atoms with Crippen LogP contribution >= 0.6 is 0 Å². The maximum Gasteiger partial charge on any atom is 0.306 e. The molecule has 0 saturated heterocycles. The monoisotopic (exact) mass is 133 g/mol. The van der Waals surface area contributed by atoms with Crippen molar-refractivity contribution in [3.63, 3.8) is 0 Å². The molecular formula is C5H8O4. The summed E-state index contributed by atoms with van der Waals surface area (Å²) in [5.41, 5.74) is 0. The molecule has 0 aromatic rings. The van der Waals surface area contributed by atoms with E-state index in [0.717, 1.165) is 6.92 Å². The molecule has 2 N–H and O–H groups in total. The molecule has 4 heteroatoms. The Morgan fingerprint density at radius 2 is 2.11 bits per heavy atom. The molecule has 0 rings (SSSR count). The summed E-state index contributed by atoms with van der Waals surface area (Å²) in [4.78, 5) is 20.0. The fourth-order valence-electron chi connectivity index (χ4n) is 0.302. The molecule has 0 aromatic carbocycles. The second-order valence-corrected chi connectivity index (χ2v) is 1.66. The van der Waals surface area contributed by atoms with E-state index < -0.39 is 24.3 Å². The van der Waals surface area contributed by atoms with Crippen molar-refractivity contribution >= 4 is 11.9 Å². The zero-order chi connectivity index (χ0) is 8.36. The average molecular weight is 133 g/mol. The van der Waals surface area contributed by atoms with E-state index in [0.29, 0.717) is 0 Å². The van der Waals surface area contributed by atoms with Crippen LogP contribution in [0.1, 0.15) is 14.7 Å². The normalized spacial score (nSPS) is 17.7. The van der Waals surface area contributed by atoms with Crippen molar-refractivity contribution in [2.45, 2.75) is 13.3 Å². The second kappa shape index (κ2) is 3.06. The van der Waals surface area contributed by atoms with Crippen molar-refractivity contribution in [3.8, 4) is 0 Å². The lowest BCUT2D eigenvalue weighted by molar-refractivity contribution is -0.147. The van der Waals surface area contributed by atoms with Gasteiger partial charge in [-0.15, -0.1) is 0 Å². The maximum absolute atomic E-state index is 10.1. The van der Waals surface area contributed by atoms with Gasteiger partial charge in [-0.2, -0.15) is 0 Å². The van der Waals surface area contributed by atoms with E-state index in [-0.39, 0.29) is 0 Å². The summed E-state index contributed by atoms with van der Waals surface area (Å²) in [5, 5.41) is 16.4. The SMILES string of the molecule is [2H][C@](C)(CC(=O)O)C(=O)O. The lowest BCUT2D eigenvalue weighted by Crippen LogP contribution is -2.13. The molecule has 0 aliphatic rings. The third-order valence-corrected chi connectivity index (χ3v) is 0.781. The molecule has 9 heavy (non-hydrogen) atoms. The molecule has 0 bridgehead atoms. The highest BCUT2D eigenvalue weighted by atomic mass is 16.4. The first-order chi connectivity index (χ1) is 4.36. The Morgan fingerprint density at radius 1 is 1.67 bits per heavy atom. The molecule has 0 aliphatic heterocycles. The topological polar surface area (TPSA) is 74.6 Å². The van der Waals surface area contributed by atoms with Crippen LogP contribution in [-0.4, -0.2) is 22.2 Å². The number of hydrogen-bond acceptors (Lipinski definition) is 2. The smallest absolute Gasteiger partial charge is 0.306 e. The summed E-state index contributed by atoms with van der Waals surface area (Å²) in [6.45, 7) is 1.05. The van der Waals surface area contributed by atoms with Gasteiger partial charge in [-0.05, 0) is 0 Å². The average Bonchev–Trinajstić information content (AvgIpc) is 1.60. The van der Waals surface area contributed by atoms with Crippen LogP contribution in [0.4, 0.5) is 0 Å². The Hall–Kier alpha value is -1.06. The van der Waals surface area contributed by atoms with Gasteiger partial charge in [-0.1, -0.05) is 6.92 Å². The van der Waals surface area contributed by atoms with Crippen LogP contribution in [0.3, 0.4) is 0 Å². The molecule has 0 spiro atoms. The van der Waals surface area contributed by atoms with Crippen LogP contribution < -0.4 is 0 Å². The highest BCUT2D eigenvalue weighted by molar-refractivity contribution is 5.77. The fourth-order valence-corrected chi connectivity index (χ4v) is 0.302. The van der Waals surface area contributed by atoms with Gasteiger partial charge in [0.2, 0.25) is 0 Å². The van der Waals surface area contributed by atoms with Crippen LogP contribution in [0.15, 0.2) is 0 Å². The molecule has 52 valence electrons. The van der Waals surface area contributed by atoms with Gasteiger partial charge in [0.15, 0.2) is 0 Å². The molecule has 1 atom stereocenters. The first-order valence-corrected chi connectivity index (χ1v) is 2.31. The third kappa shape index (κ3) is 3.52. The molecule has 4 nitrogen and oxygen atoms in total. The summed E-state index contributed by atoms with van der Waals surface area (Å²) >= 11 is 0. The van der Waals surface area contributed by atoms with E-state index in [9.17, 15) is 9.59 Å². The first kappa shape index (κ1) is 6.07. The van der Waals surface area contributed by atoms with Crippen molar-refractivity contribution in [1.82, 2.24) is 0 Å². The van der Waals surface area contributed by atoms with Crippen LogP contribution in [0.25, 0.3) is 0 Å². The lowest BCUT2D eigenvalue weighted by Gasteiger charge is -1.98. The van der Waals surface area contributed by atoms with E-state index in [2.05, 4.69) is 0 Å². The first-order valence-electron chi connectivity index (χ1n) is 2.81. The number of carboxylic acids is 2. The standard InChI is InChI=1S/C5H8O4/c1-3(5(8)9)2-4(6)7/h3H,2H2,1H3,(H,6,7)(H,8,9)/t3-/m0/s1/i3D. The molecule has 0 radical (unpaired) electrons.